The van der Waals surface area contributed by atoms with E-state index in [1.54, 1.807) is 19.9 Å². The van der Waals surface area contributed by atoms with Gasteiger partial charge in [0.1, 0.15) is 11.6 Å². The molecule has 0 bridgehead atoms. The van der Waals surface area contributed by atoms with E-state index in [4.69, 9.17) is 0 Å². The van der Waals surface area contributed by atoms with Crippen LogP contribution in [0.3, 0.4) is 0 Å². The number of H-pyrrole nitrogens is 1. The maximum atomic E-state index is 12.9. The van der Waals surface area contributed by atoms with Crippen molar-refractivity contribution in [2.45, 2.75) is 33.7 Å². The van der Waals surface area contributed by atoms with Gasteiger partial charge in [0.05, 0.1) is 5.69 Å². The van der Waals surface area contributed by atoms with Gasteiger partial charge in [0.15, 0.2) is 0 Å². The van der Waals surface area contributed by atoms with Crippen LogP contribution in [0.1, 0.15) is 29.4 Å². The summed E-state index contributed by atoms with van der Waals surface area (Å²) in [6, 6.07) is 7.10. The summed E-state index contributed by atoms with van der Waals surface area (Å²) >= 11 is 0. The van der Waals surface area contributed by atoms with Gasteiger partial charge >= 0.3 is 11.8 Å². The molecule has 0 atom stereocenters. The van der Waals surface area contributed by atoms with Crippen LogP contribution in [0.25, 0.3) is 5.95 Å². The topological polar surface area (TPSA) is 122 Å². The highest BCUT2D eigenvalue weighted by atomic mass is 19.1. The molecule has 156 valence electrons. The van der Waals surface area contributed by atoms with Crippen molar-refractivity contribution in [2.75, 3.05) is 5.32 Å². The molecule has 30 heavy (non-hydrogen) atoms. The minimum atomic E-state index is -0.914. The summed E-state index contributed by atoms with van der Waals surface area (Å²) in [5, 5.41) is 9.17. The summed E-state index contributed by atoms with van der Waals surface area (Å²) in [5.74, 6) is -1.86. The van der Waals surface area contributed by atoms with Crippen molar-refractivity contribution in [3.8, 4) is 5.95 Å². The van der Waals surface area contributed by atoms with Crippen molar-refractivity contribution in [3.05, 3.63) is 69.0 Å². The Morgan fingerprint density at radius 2 is 1.87 bits per heavy atom. The van der Waals surface area contributed by atoms with Crippen LogP contribution >= 0.6 is 0 Å². The standard InChI is InChI=1S/C20H21FN6O3/c1-4-15-12(3)23-20(25-17(15)28)27-16(9-11(2)26-27)24-19(30)18(29)22-10-13-5-7-14(21)8-6-13/h5-9H,4,10H2,1-3H3,(H,22,29)(H,24,30)(H,23,25,28). The lowest BCUT2D eigenvalue weighted by Gasteiger charge is -2.10. The number of anilines is 1. The van der Waals surface area contributed by atoms with Crippen LogP contribution in [-0.2, 0) is 22.6 Å². The number of hydrogen-bond donors (Lipinski definition) is 3. The van der Waals surface area contributed by atoms with Crippen molar-refractivity contribution in [3.63, 3.8) is 0 Å². The summed E-state index contributed by atoms with van der Waals surface area (Å²) in [6.45, 7) is 5.34. The Bertz CT molecular complexity index is 1150. The second-order valence-corrected chi connectivity index (χ2v) is 6.65. The van der Waals surface area contributed by atoms with Crippen molar-refractivity contribution in [2.24, 2.45) is 0 Å². The van der Waals surface area contributed by atoms with Crippen LogP contribution in [0.4, 0.5) is 10.2 Å². The number of carbonyl (C=O) groups excluding carboxylic acids is 2. The lowest BCUT2D eigenvalue weighted by Crippen LogP contribution is -2.35. The van der Waals surface area contributed by atoms with E-state index in [2.05, 4.69) is 25.7 Å². The number of halogens is 1. The number of nitrogens with one attached hydrogen (secondary N) is 3. The molecule has 0 unspecified atom stereocenters. The van der Waals surface area contributed by atoms with E-state index in [1.807, 2.05) is 6.92 Å². The average molecular weight is 412 g/mol. The summed E-state index contributed by atoms with van der Waals surface area (Å²) < 4.78 is 14.2. The van der Waals surface area contributed by atoms with Crippen LogP contribution < -0.4 is 16.2 Å². The molecule has 0 aliphatic rings. The normalized spacial score (nSPS) is 10.7. The number of amides is 2. The lowest BCUT2D eigenvalue weighted by molar-refractivity contribution is -0.136. The second kappa shape index (κ2) is 8.68. The van der Waals surface area contributed by atoms with Gasteiger partial charge in [0.25, 0.3) is 5.56 Å². The first-order chi connectivity index (χ1) is 14.3. The number of aromatic amines is 1. The molecule has 0 radical (unpaired) electrons. The van der Waals surface area contributed by atoms with E-state index in [0.717, 1.165) is 0 Å². The van der Waals surface area contributed by atoms with E-state index in [1.165, 1.54) is 28.9 Å². The van der Waals surface area contributed by atoms with E-state index >= 15 is 0 Å². The molecule has 0 aliphatic heterocycles. The van der Waals surface area contributed by atoms with E-state index in [0.29, 0.717) is 28.9 Å². The molecule has 3 rings (SSSR count). The van der Waals surface area contributed by atoms with Crippen LogP contribution in [0, 0.1) is 19.7 Å². The highest BCUT2D eigenvalue weighted by Gasteiger charge is 2.19. The van der Waals surface area contributed by atoms with Crippen molar-refractivity contribution < 1.29 is 14.0 Å². The fraction of sp³-hybridized carbons (Fsp3) is 0.250. The van der Waals surface area contributed by atoms with Gasteiger partial charge in [-0.2, -0.15) is 9.78 Å². The van der Waals surface area contributed by atoms with Gasteiger partial charge in [-0.15, -0.1) is 0 Å². The number of nitrogens with zero attached hydrogens (tertiary/aromatic N) is 3. The summed E-state index contributed by atoms with van der Waals surface area (Å²) in [7, 11) is 0. The highest BCUT2D eigenvalue weighted by Crippen LogP contribution is 2.14. The Morgan fingerprint density at radius 1 is 1.17 bits per heavy atom. The predicted molar refractivity (Wildman–Crippen MR) is 108 cm³/mol. The zero-order valence-electron chi connectivity index (χ0n) is 16.7. The van der Waals surface area contributed by atoms with E-state index in [-0.39, 0.29) is 29.7 Å². The summed E-state index contributed by atoms with van der Waals surface area (Å²) in [4.78, 5) is 43.7. The molecule has 0 saturated heterocycles. The summed E-state index contributed by atoms with van der Waals surface area (Å²) in [5.41, 5.74) is 2.03. The molecule has 0 aliphatic carbocycles. The molecule has 9 nitrogen and oxygen atoms in total. The molecule has 2 aromatic heterocycles. The largest absolute Gasteiger partial charge is 0.344 e. The van der Waals surface area contributed by atoms with Crippen LogP contribution in [0.5, 0.6) is 0 Å². The first-order valence-corrected chi connectivity index (χ1v) is 9.29. The number of benzene rings is 1. The second-order valence-electron chi connectivity index (χ2n) is 6.65. The third-order valence-electron chi connectivity index (χ3n) is 4.41. The fourth-order valence-electron chi connectivity index (χ4n) is 2.90. The maximum absolute atomic E-state index is 12.9. The van der Waals surface area contributed by atoms with Gasteiger partial charge < -0.3 is 10.6 Å². The molecule has 1 aromatic carbocycles. The van der Waals surface area contributed by atoms with Gasteiger partial charge in [0, 0.05) is 23.9 Å². The number of carbonyl (C=O) groups is 2. The van der Waals surface area contributed by atoms with E-state index in [9.17, 15) is 18.8 Å². The third-order valence-corrected chi connectivity index (χ3v) is 4.41. The molecule has 0 spiro atoms. The first kappa shape index (κ1) is 20.9. The third kappa shape index (κ3) is 4.59. The molecule has 0 fully saturated rings. The smallest absolute Gasteiger partial charge is 0.314 e. The van der Waals surface area contributed by atoms with Crippen molar-refractivity contribution in [1.29, 1.82) is 0 Å². The summed E-state index contributed by atoms with van der Waals surface area (Å²) in [6.07, 6.45) is 0.532. The molecule has 3 aromatic rings. The Balaban J connectivity index is 1.76. The van der Waals surface area contributed by atoms with Crippen LogP contribution in [0.15, 0.2) is 35.1 Å². The average Bonchev–Trinajstić information content (AvgIpc) is 3.07. The fourth-order valence-corrected chi connectivity index (χ4v) is 2.90. The quantitative estimate of drug-likeness (QED) is 0.549. The monoisotopic (exact) mass is 412 g/mol. The molecule has 10 heteroatoms. The minimum absolute atomic E-state index is 0.0668. The molecule has 3 N–H and O–H groups in total. The first-order valence-electron chi connectivity index (χ1n) is 9.29. The Labute approximate surface area is 171 Å². The van der Waals surface area contributed by atoms with E-state index < -0.39 is 11.8 Å². The molecule has 2 heterocycles. The van der Waals surface area contributed by atoms with Crippen LogP contribution in [0.2, 0.25) is 0 Å². The molecule has 0 saturated carbocycles. The van der Waals surface area contributed by atoms with Gasteiger partial charge in [-0.25, -0.2) is 9.37 Å². The minimum Gasteiger partial charge on any atom is -0.344 e. The SMILES string of the molecule is CCc1c(C)nc(-n2nc(C)cc2NC(=O)C(=O)NCc2ccc(F)cc2)[nH]c1=O. The molecular weight excluding hydrogens is 391 g/mol. The van der Waals surface area contributed by atoms with Gasteiger partial charge in [-0.1, -0.05) is 19.1 Å². The highest BCUT2D eigenvalue weighted by molar-refractivity contribution is 6.39. The zero-order valence-corrected chi connectivity index (χ0v) is 16.7. The predicted octanol–water partition coefficient (Wildman–Crippen LogP) is 1.53. The lowest BCUT2D eigenvalue weighted by atomic mass is 10.2. The van der Waals surface area contributed by atoms with Crippen molar-refractivity contribution in [1.82, 2.24) is 25.1 Å². The number of aromatic nitrogens is 4. The maximum Gasteiger partial charge on any atom is 0.314 e. The number of hydrogen-bond acceptors (Lipinski definition) is 5. The van der Waals surface area contributed by atoms with Gasteiger partial charge in [0.2, 0.25) is 5.95 Å². The Hall–Kier alpha value is -3.82. The number of aryl methyl sites for hydroxylation is 2. The Morgan fingerprint density at radius 3 is 2.50 bits per heavy atom. The van der Waals surface area contributed by atoms with Gasteiger partial charge in [-0.05, 0) is 38.0 Å². The zero-order chi connectivity index (χ0) is 21.8. The van der Waals surface area contributed by atoms with Crippen LogP contribution in [-0.4, -0.2) is 31.6 Å². The number of rotatable bonds is 5. The van der Waals surface area contributed by atoms with Gasteiger partial charge in [-0.3, -0.25) is 19.4 Å². The molecule has 2 amide bonds. The molecular formula is C20H21FN6O3. The Kier molecular flexibility index (Phi) is 6.05. The van der Waals surface area contributed by atoms with Crippen molar-refractivity contribution >= 4 is 17.6 Å².